The highest BCUT2D eigenvalue weighted by molar-refractivity contribution is 5.82. The Bertz CT molecular complexity index is 557. The molecule has 0 aliphatic rings. The van der Waals surface area contributed by atoms with Gasteiger partial charge in [0.2, 0.25) is 0 Å². The molecular formula is C11H10FNO. The van der Waals surface area contributed by atoms with Gasteiger partial charge in [-0.25, -0.2) is 4.39 Å². The van der Waals surface area contributed by atoms with Crippen molar-refractivity contribution < 1.29 is 4.39 Å². The Morgan fingerprint density at radius 2 is 1.86 bits per heavy atom. The van der Waals surface area contributed by atoms with E-state index in [0.29, 0.717) is 11.1 Å². The predicted molar refractivity (Wildman–Crippen MR) is 54.0 cm³/mol. The van der Waals surface area contributed by atoms with Crippen molar-refractivity contribution in [2.75, 3.05) is 0 Å². The quantitative estimate of drug-likeness (QED) is 0.680. The van der Waals surface area contributed by atoms with Crippen molar-refractivity contribution in [3.05, 3.63) is 45.5 Å². The van der Waals surface area contributed by atoms with E-state index < -0.39 is 0 Å². The zero-order valence-electron chi connectivity index (χ0n) is 8.02. The summed E-state index contributed by atoms with van der Waals surface area (Å²) in [6, 6.07) is 4.53. The number of aromatic nitrogens is 1. The number of rotatable bonds is 0. The van der Waals surface area contributed by atoms with Crippen molar-refractivity contribution in [1.82, 2.24) is 4.98 Å². The summed E-state index contributed by atoms with van der Waals surface area (Å²) in [6.07, 6.45) is 0. The second kappa shape index (κ2) is 2.94. The van der Waals surface area contributed by atoms with Crippen LogP contribution in [-0.4, -0.2) is 4.98 Å². The monoisotopic (exact) mass is 191 g/mol. The summed E-state index contributed by atoms with van der Waals surface area (Å²) in [7, 11) is 0. The fourth-order valence-corrected chi connectivity index (χ4v) is 1.56. The molecule has 3 heteroatoms. The molecule has 0 atom stereocenters. The summed E-state index contributed by atoms with van der Waals surface area (Å²) in [5, 5.41) is 0.736. The van der Waals surface area contributed by atoms with Crippen LogP contribution >= 0.6 is 0 Å². The lowest BCUT2D eigenvalue weighted by Crippen LogP contribution is -2.09. The Kier molecular flexibility index (Phi) is 1.88. The third-order valence-corrected chi connectivity index (χ3v) is 2.30. The smallest absolute Gasteiger partial charge is 0.251 e. The van der Waals surface area contributed by atoms with E-state index in [2.05, 4.69) is 4.98 Å². The highest BCUT2D eigenvalue weighted by atomic mass is 19.1. The first-order valence-electron chi connectivity index (χ1n) is 4.38. The molecule has 1 aromatic heterocycles. The summed E-state index contributed by atoms with van der Waals surface area (Å²) >= 11 is 0. The molecule has 14 heavy (non-hydrogen) atoms. The topological polar surface area (TPSA) is 32.9 Å². The molecule has 0 radical (unpaired) electrons. The average Bonchev–Trinajstić information content (AvgIpc) is 2.08. The third-order valence-electron chi connectivity index (χ3n) is 2.30. The van der Waals surface area contributed by atoms with Gasteiger partial charge in [-0.15, -0.1) is 0 Å². The van der Waals surface area contributed by atoms with E-state index in [0.717, 1.165) is 10.9 Å². The van der Waals surface area contributed by atoms with Gasteiger partial charge in [0.15, 0.2) is 0 Å². The first-order chi connectivity index (χ1) is 6.58. The second-order valence-electron chi connectivity index (χ2n) is 3.47. The van der Waals surface area contributed by atoms with Gasteiger partial charge in [-0.05, 0) is 37.6 Å². The number of aromatic amines is 1. The maximum absolute atomic E-state index is 13.0. The maximum atomic E-state index is 13.0. The minimum absolute atomic E-state index is 0.118. The number of fused-ring (bicyclic) bond motifs is 1. The molecule has 1 aromatic carbocycles. The Balaban J connectivity index is 2.96. The normalized spacial score (nSPS) is 10.8. The molecule has 2 aromatic rings. The van der Waals surface area contributed by atoms with Crippen LogP contribution in [0.5, 0.6) is 0 Å². The Labute approximate surface area is 80.4 Å². The number of H-pyrrole nitrogens is 1. The number of pyridine rings is 1. The maximum Gasteiger partial charge on any atom is 0.251 e. The van der Waals surface area contributed by atoms with E-state index in [1.807, 2.05) is 0 Å². The van der Waals surface area contributed by atoms with Gasteiger partial charge >= 0.3 is 0 Å². The second-order valence-corrected chi connectivity index (χ2v) is 3.47. The average molecular weight is 191 g/mol. The molecule has 0 unspecified atom stereocenters. The van der Waals surface area contributed by atoms with Crippen molar-refractivity contribution in [2.45, 2.75) is 13.8 Å². The molecule has 0 saturated heterocycles. The van der Waals surface area contributed by atoms with Crippen molar-refractivity contribution in [3.63, 3.8) is 0 Å². The lowest BCUT2D eigenvalue weighted by molar-refractivity contribution is 0.628. The summed E-state index contributed by atoms with van der Waals surface area (Å²) in [6.45, 7) is 3.48. The summed E-state index contributed by atoms with van der Waals surface area (Å²) in [4.78, 5) is 14.1. The van der Waals surface area contributed by atoms with Crippen LogP contribution in [-0.2, 0) is 0 Å². The highest BCUT2D eigenvalue weighted by Gasteiger charge is 2.03. The minimum atomic E-state index is -0.276. The molecule has 0 spiro atoms. The van der Waals surface area contributed by atoms with Gasteiger partial charge in [-0.1, -0.05) is 0 Å². The highest BCUT2D eigenvalue weighted by Crippen LogP contribution is 2.17. The van der Waals surface area contributed by atoms with Crippen molar-refractivity contribution >= 4 is 10.9 Å². The molecule has 1 N–H and O–H groups in total. The first kappa shape index (κ1) is 8.94. The molecule has 0 fully saturated rings. The van der Waals surface area contributed by atoms with Crippen LogP contribution in [0.4, 0.5) is 4.39 Å². The first-order valence-corrected chi connectivity index (χ1v) is 4.38. The fraction of sp³-hybridized carbons (Fsp3) is 0.182. The Hall–Kier alpha value is -1.64. The van der Waals surface area contributed by atoms with Crippen molar-refractivity contribution in [1.29, 1.82) is 0 Å². The Morgan fingerprint density at radius 3 is 2.57 bits per heavy atom. The van der Waals surface area contributed by atoms with Gasteiger partial charge in [0.1, 0.15) is 5.82 Å². The number of nitrogens with one attached hydrogen (secondary N) is 1. The van der Waals surface area contributed by atoms with Crippen molar-refractivity contribution in [3.8, 4) is 0 Å². The van der Waals surface area contributed by atoms with E-state index in [9.17, 15) is 9.18 Å². The summed E-state index contributed by atoms with van der Waals surface area (Å²) < 4.78 is 13.0. The predicted octanol–water partition coefficient (Wildman–Crippen LogP) is 2.28. The van der Waals surface area contributed by atoms with E-state index in [4.69, 9.17) is 0 Å². The third kappa shape index (κ3) is 1.31. The van der Waals surface area contributed by atoms with Crippen LogP contribution in [0.3, 0.4) is 0 Å². The van der Waals surface area contributed by atoms with Gasteiger partial charge in [0, 0.05) is 10.9 Å². The van der Waals surface area contributed by atoms with E-state index in [1.165, 1.54) is 12.1 Å². The lowest BCUT2D eigenvalue weighted by atomic mass is 10.1. The molecule has 0 amide bonds. The SMILES string of the molecule is Cc1cc2cc(F)cc(C)c2[nH]c1=O. The molecule has 2 nitrogen and oxygen atoms in total. The van der Waals surface area contributed by atoms with Crippen LogP contribution in [0.1, 0.15) is 11.1 Å². The molecule has 0 saturated carbocycles. The molecule has 2 rings (SSSR count). The van der Waals surface area contributed by atoms with E-state index in [1.54, 1.807) is 19.9 Å². The van der Waals surface area contributed by atoms with Crippen LogP contribution in [0.15, 0.2) is 23.0 Å². The van der Waals surface area contributed by atoms with Gasteiger partial charge in [-0.3, -0.25) is 4.79 Å². The largest absolute Gasteiger partial charge is 0.321 e. The van der Waals surface area contributed by atoms with Crippen LogP contribution < -0.4 is 5.56 Å². The number of hydrogen-bond acceptors (Lipinski definition) is 1. The van der Waals surface area contributed by atoms with Crippen LogP contribution in [0.25, 0.3) is 10.9 Å². The molecule has 72 valence electrons. The number of benzene rings is 1. The molecule has 0 aliphatic heterocycles. The molecule has 1 heterocycles. The van der Waals surface area contributed by atoms with E-state index in [-0.39, 0.29) is 11.4 Å². The van der Waals surface area contributed by atoms with Crippen LogP contribution in [0, 0.1) is 19.7 Å². The van der Waals surface area contributed by atoms with Crippen molar-refractivity contribution in [2.24, 2.45) is 0 Å². The number of halogens is 1. The number of hydrogen-bond donors (Lipinski definition) is 1. The summed E-state index contributed by atoms with van der Waals surface area (Å²) in [5.74, 6) is -0.276. The zero-order chi connectivity index (χ0) is 10.3. The Morgan fingerprint density at radius 1 is 1.14 bits per heavy atom. The minimum Gasteiger partial charge on any atom is -0.321 e. The van der Waals surface area contributed by atoms with Gasteiger partial charge in [0.05, 0.1) is 5.52 Å². The van der Waals surface area contributed by atoms with Gasteiger partial charge in [-0.2, -0.15) is 0 Å². The van der Waals surface area contributed by atoms with Gasteiger partial charge in [0.25, 0.3) is 5.56 Å². The molecule has 0 bridgehead atoms. The summed E-state index contributed by atoms with van der Waals surface area (Å²) in [5.41, 5.74) is 1.94. The molecule has 0 aliphatic carbocycles. The number of aryl methyl sites for hydroxylation is 2. The standard InChI is InChI=1S/C11H10FNO/c1-6-4-9(12)5-8-3-7(2)11(14)13-10(6)8/h3-5H,1-2H3,(H,13,14). The zero-order valence-corrected chi connectivity index (χ0v) is 8.02. The lowest BCUT2D eigenvalue weighted by Gasteiger charge is -2.03. The molecular weight excluding hydrogens is 181 g/mol. The van der Waals surface area contributed by atoms with Crippen LogP contribution in [0.2, 0.25) is 0 Å². The van der Waals surface area contributed by atoms with E-state index >= 15 is 0 Å². The fourth-order valence-electron chi connectivity index (χ4n) is 1.56. The van der Waals surface area contributed by atoms with Gasteiger partial charge < -0.3 is 4.98 Å².